The molecule has 0 spiro atoms. The summed E-state index contributed by atoms with van der Waals surface area (Å²) in [5, 5.41) is 4.22. The molecule has 4 N–H and O–H groups in total. The number of carbonyl (C=O) groups is 1. The first-order chi connectivity index (χ1) is 12.0. The van der Waals surface area contributed by atoms with Crippen LogP contribution in [0.3, 0.4) is 0 Å². The van der Waals surface area contributed by atoms with Crippen molar-refractivity contribution >= 4 is 29.2 Å². The summed E-state index contributed by atoms with van der Waals surface area (Å²) in [5.74, 6) is -0.319. The van der Waals surface area contributed by atoms with E-state index in [9.17, 15) is 4.79 Å². The summed E-state index contributed by atoms with van der Waals surface area (Å²) in [6.07, 6.45) is 0. The minimum atomic E-state index is -0.307. The number of nitrogens with one attached hydrogen (secondary N) is 2. The maximum Gasteiger partial charge on any atom is 0.225 e. The number of H-pyrrole nitrogens is 1. The maximum atomic E-state index is 12.5. The van der Waals surface area contributed by atoms with Crippen molar-refractivity contribution in [3.05, 3.63) is 70.9 Å². The molecule has 1 heterocycles. The molecule has 2 aromatic carbocycles. The summed E-state index contributed by atoms with van der Waals surface area (Å²) in [5.41, 5.74) is 11.9. The normalized spacial score (nSPS) is 13.1. The quantitative estimate of drug-likeness (QED) is 0.630. The van der Waals surface area contributed by atoms with Gasteiger partial charge in [-0.1, -0.05) is 43.3 Å². The van der Waals surface area contributed by atoms with Gasteiger partial charge in [-0.3, -0.25) is 4.79 Å². The van der Waals surface area contributed by atoms with Crippen molar-refractivity contribution < 1.29 is 4.79 Å². The standard InChI is InChI=1S/C21H25N3O.ClH/c1-13-15(3)24-19-10-9-16(11-18(13)19)12-23-21(25)14(2)20(22)17-7-5-4-6-8-17;/h4-11,14,20,24H,12,22H2,1-3H3,(H,23,25);1H. The second kappa shape index (κ2) is 8.39. The number of amides is 1. The van der Waals surface area contributed by atoms with Crippen LogP contribution in [0.25, 0.3) is 10.9 Å². The highest BCUT2D eigenvalue weighted by molar-refractivity contribution is 5.86. The van der Waals surface area contributed by atoms with Gasteiger partial charge in [0.2, 0.25) is 5.91 Å². The Bertz CT molecular complexity index is 889. The lowest BCUT2D eigenvalue weighted by Crippen LogP contribution is -2.35. The molecule has 1 aromatic heterocycles. The van der Waals surface area contributed by atoms with Crippen LogP contribution in [0.15, 0.2) is 48.5 Å². The van der Waals surface area contributed by atoms with Crippen molar-refractivity contribution in [1.82, 2.24) is 10.3 Å². The number of fused-ring (bicyclic) bond motifs is 1. The van der Waals surface area contributed by atoms with E-state index >= 15 is 0 Å². The number of aromatic nitrogens is 1. The van der Waals surface area contributed by atoms with Gasteiger partial charge in [-0.2, -0.15) is 0 Å². The average molecular weight is 372 g/mol. The van der Waals surface area contributed by atoms with E-state index in [1.807, 2.05) is 43.3 Å². The molecule has 0 fully saturated rings. The highest BCUT2D eigenvalue weighted by Gasteiger charge is 2.21. The van der Waals surface area contributed by atoms with Gasteiger partial charge in [-0.15, -0.1) is 12.4 Å². The van der Waals surface area contributed by atoms with Gasteiger partial charge in [0.05, 0.1) is 5.92 Å². The molecule has 0 bridgehead atoms. The van der Waals surface area contributed by atoms with E-state index in [1.165, 1.54) is 16.6 Å². The van der Waals surface area contributed by atoms with Gasteiger partial charge in [0, 0.05) is 29.2 Å². The van der Waals surface area contributed by atoms with Gasteiger partial charge in [0.25, 0.3) is 0 Å². The van der Waals surface area contributed by atoms with Gasteiger partial charge in [0.1, 0.15) is 0 Å². The van der Waals surface area contributed by atoms with Crippen LogP contribution in [0, 0.1) is 19.8 Å². The highest BCUT2D eigenvalue weighted by Crippen LogP contribution is 2.23. The minimum Gasteiger partial charge on any atom is -0.358 e. The van der Waals surface area contributed by atoms with Crippen LogP contribution in [0.1, 0.15) is 35.3 Å². The predicted molar refractivity (Wildman–Crippen MR) is 109 cm³/mol. The molecule has 5 heteroatoms. The first-order valence-electron chi connectivity index (χ1n) is 8.63. The molecule has 0 aliphatic heterocycles. The first kappa shape index (κ1) is 20.0. The Hall–Kier alpha value is -2.30. The number of aryl methyl sites for hydroxylation is 2. The Balaban J connectivity index is 0.00000243. The molecule has 0 saturated heterocycles. The molecule has 4 nitrogen and oxygen atoms in total. The van der Waals surface area contributed by atoms with Crippen LogP contribution < -0.4 is 11.1 Å². The zero-order valence-electron chi connectivity index (χ0n) is 15.4. The number of nitrogens with two attached hydrogens (primary N) is 1. The van der Waals surface area contributed by atoms with Crippen LogP contribution in [-0.2, 0) is 11.3 Å². The molecule has 3 rings (SSSR count). The Morgan fingerprint density at radius 2 is 1.85 bits per heavy atom. The molecule has 138 valence electrons. The molecule has 0 radical (unpaired) electrons. The van der Waals surface area contributed by atoms with Crippen molar-refractivity contribution in [2.24, 2.45) is 11.7 Å². The number of hydrogen-bond acceptors (Lipinski definition) is 2. The third-order valence-corrected chi connectivity index (χ3v) is 4.98. The lowest BCUT2D eigenvalue weighted by Gasteiger charge is -2.20. The van der Waals surface area contributed by atoms with E-state index in [-0.39, 0.29) is 30.3 Å². The van der Waals surface area contributed by atoms with E-state index in [0.717, 1.165) is 16.6 Å². The Kier molecular flexibility index (Phi) is 6.46. The van der Waals surface area contributed by atoms with Crippen molar-refractivity contribution in [2.45, 2.75) is 33.4 Å². The molecule has 0 saturated carbocycles. The van der Waals surface area contributed by atoms with Gasteiger partial charge < -0.3 is 16.0 Å². The molecule has 1 amide bonds. The van der Waals surface area contributed by atoms with Gasteiger partial charge in [-0.25, -0.2) is 0 Å². The first-order valence-corrected chi connectivity index (χ1v) is 8.63. The fourth-order valence-corrected chi connectivity index (χ4v) is 3.10. The van der Waals surface area contributed by atoms with Crippen molar-refractivity contribution in [3.63, 3.8) is 0 Å². The van der Waals surface area contributed by atoms with Gasteiger partial charge >= 0.3 is 0 Å². The molecule has 3 aromatic rings. The molecule has 2 atom stereocenters. The molecule has 0 aliphatic rings. The summed E-state index contributed by atoms with van der Waals surface area (Å²) in [4.78, 5) is 15.8. The largest absolute Gasteiger partial charge is 0.358 e. The minimum absolute atomic E-state index is 0. The molecule has 26 heavy (non-hydrogen) atoms. The summed E-state index contributed by atoms with van der Waals surface area (Å²) < 4.78 is 0. The fraction of sp³-hybridized carbons (Fsp3) is 0.286. The van der Waals surface area contributed by atoms with Gasteiger partial charge in [0.15, 0.2) is 0 Å². The molecule has 2 unspecified atom stereocenters. The van der Waals surface area contributed by atoms with E-state index in [2.05, 4.69) is 36.3 Å². The number of hydrogen-bond donors (Lipinski definition) is 3. The fourth-order valence-electron chi connectivity index (χ4n) is 3.10. The van der Waals surface area contributed by atoms with E-state index in [0.29, 0.717) is 6.54 Å². The lowest BCUT2D eigenvalue weighted by atomic mass is 9.94. The summed E-state index contributed by atoms with van der Waals surface area (Å²) in [6, 6.07) is 15.7. The summed E-state index contributed by atoms with van der Waals surface area (Å²) in [7, 11) is 0. The second-order valence-corrected chi connectivity index (χ2v) is 6.70. The highest BCUT2D eigenvalue weighted by atomic mass is 35.5. The summed E-state index contributed by atoms with van der Waals surface area (Å²) in [6.45, 7) is 6.56. The molecule has 0 aliphatic carbocycles. The SMILES string of the molecule is Cc1[nH]c2ccc(CNC(=O)C(C)C(N)c3ccccc3)cc2c1C.Cl. The number of rotatable bonds is 5. The topological polar surface area (TPSA) is 70.9 Å². The van der Waals surface area contributed by atoms with Crippen molar-refractivity contribution in [2.75, 3.05) is 0 Å². The molecular weight excluding hydrogens is 346 g/mol. The monoisotopic (exact) mass is 371 g/mol. The zero-order valence-corrected chi connectivity index (χ0v) is 16.2. The van der Waals surface area contributed by atoms with Crippen LogP contribution in [0.4, 0.5) is 0 Å². The number of benzene rings is 2. The van der Waals surface area contributed by atoms with E-state index in [1.54, 1.807) is 0 Å². The number of aromatic amines is 1. The second-order valence-electron chi connectivity index (χ2n) is 6.70. The Labute approximate surface area is 160 Å². The molecular formula is C21H26ClN3O. The van der Waals surface area contributed by atoms with Crippen LogP contribution in [0.5, 0.6) is 0 Å². The maximum absolute atomic E-state index is 12.5. The Morgan fingerprint density at radius 3 is 2.54 bits per heavy atom. The van der Waals surface area contributed by atoms with Crippen molar-refractivity contribution in [1.29, 1.82) is 0 Å². The van der Waals surface area contributed by atoms with E-state index < -0.39 is 0 Å². The summed E-state index contributed by atoms with van der Waals surface area (Å²) >= 11 is 0. The number of halogens is 1. The van der Waals surface area contributed by atoms with Crippen LogP contribution in [0.2, 0.25) is 0 Å². The average Bonchev–Trinajstić information content (AvgIpc) is 2.93. The smallest absolute Gasteiger partial charge is 0.225 e. The zero-order chi connectivity index (χ0) is 18.0. The van der Waals surface area contributed by atoms with Crippen LogP contribution in [-0.4, -0.2) is 10.9 Å². The Morgan fingerprint density at radius 1 is 1.15 bits per heavy atom. The van der Waals surface area contributed by atoms with Gasteiger partial charge in [-0.05, 0) is 42.7 Å². The van der Waals surface area contributed by atoms with E-state index in [4.69, 9.17) is 5.73 Å². The lowest BCUT2D eigenvalue weighted by molar-refractivity contribution is -0.125. The number of carbonyl (C=O) groups excluding carboxylic acids is 1. The predicted octanol–water partition coefficient (Wildman–Crippen LogP) is 4.16. The van der Waals surface area contributed by atoms with Crippen molar-refractivity contribution in [3.8, 4) is 0 Å². The van der Waals surface area contributed by atoms with Crippen LogP contribution >= 0.6 is 12.4 Å². The third-order valence-electron chi connectivity index (χ3n) is 4.98. The third kappa shape index (κ3) is 4.09.